The van der Waals surface area contributed by atoms with Gasteiger partial charge in [-0.3, -0.25) is 4.79 Å². The molecule has 0 saturated heterocycles. The molecule has 0 aliphatic carbocycles. The quantitative estimate of drug-likeness (QED) is 0.675. The summed E-state index contributed by atoms with van der Waals surface area (Å²) in [7, 11) is 0. The Kier molecular flexibility index (Phi) is 5.23. The molecule has 2 aromatic heterocycles. The highest BCUT2D eigenvalue weighted by Crippen LogP contribution is 2.34. The molecule has 1 N–H and O–H groups in total. The summed E-state index contributed by atoms with van der Waals surface area (Å²) in [5.41, 5.74) is 1.26. The zero-order valence-corrected chi connectivity index (χ0v) is 15.0. The lowest BCUT2D eigenvalue weighted by Gasteiger charge is -2.13. The third-order valence-corrected chi connectivity index (χ3v) is 4.04. The van der Waals surface area contributed by atoms with E-state index in [0.29, 0.717) is 17.0 Å². The van der Waals surface area contributed by atoms with Gasteiger partial charge in [-0.15, -0.1) is 0 Å². The molecular weight excluding hydrogens is 355 g/mol. The molecule has 0 fully saturated rings. The zero-order chi connectivity index (χ0) is 18.7. The molecule has 1 amide bonds. The highest BCUT2D eigenvalue weighted by Gasteiger charge is 2.17. The maximum absolute atomic E-state index is 14.2. The van der Waals surface area contributed by atoms with E-state index >= 15 is 0 Å². The minimum Gasteiger partial charge on any atom is -0.319 e. The van der Waals surface area contributed by atoms with Crippen molar-refractivity contribution in [1.29, 1.82) is 0 Å². The number of anilines is 1. The number of carbonyl (C=O) groups is 1. The van der Waals surface area contributed by atoms with Crippen LogP contribution in [0.3, 0.4) is 0 Å². The summed E-state index contributed by atoms with van der Waals surface area (Å²) >= 11 is 6.15. The van der Waals surface area contributed by atoms with E-state index in [0.717, 1.165) is 0 Å². The summed E-state index contributed by atoms with van der Waals surface area (Å²) in [5, 5.41) is 2.76. The third-order valence-electron chi connectivity index (χ3n) is 3.76. The second kappa shape index (κ2) is 7.58. The smallest absolute Gasteiger partial charge is 0.258 e. The van der Waals surface area contributed by atoms with Gasteiger partial charge in [-0.1, -0.05) is 43.6 Å². The minimum atomic E-state index is -0.451. The fraction of sp³-hybridized carbons (Fsp3) is 0.158. The Bertz CT molecular complexity index is 945. The van der Waals surface area contributed by atoms with Gasteiger partial charge in [-0.05, 0) is 12.1 Å². The lowest BCUT2D eigenvalue weighted by atomic mass is 10.0. The van der Waals surface area contributed by atoms with Crippen molar-refractivity contribution in [2.45, 2.75) is 19.8 Å². The highest BCUT2D eigenvalue weighted by molar-refractivity contribution is 6.33. The topological polar surface area (TPSA) is 67.8 Å². The highest BCUT2D eigenvalue weighted by atomic mass is 35.5. The normalized spacial score (nSPS) is 10.8. The van der Waals surface area contributed by atoms with Crippen LogP contribution in [0.1, 0.15) is 35.9 Å². The molecule has 0 radical (unpaired) electrons. The predicted molar refractivity (Wildman–Crippen MR) is 98.7 cm³/mol. The fourth-order valence-corrected chi connectivity index (χ4v) is 2.60. The van der Waals surface area contributed by atoms with Crippen molar-refractivity contribution in [2.24, 2.45) is 0 Å². The molecule has 2 heterocycles. The van der Waals surface area contributed by atoms with Crippen LogP contribution >= 0.6 is 11.6 Å². The number of carbonyl (C=O) groups excluding carboxylic acids is 1. The van der Waals surface area contributed by atoms with Crippen molar-refractivity contribution in [3.05, 3.63) is 71.3 Å². The number of nitrogens with zero attached hydrogens (tertiary/aromatic N) is 3. The second-order valence-corrected chi connectivity index (χ2v) is 6.30. The van der Waals surface area contributed by atoms with E-state index in [1.807, 2.05) is 13.8 Å². The molecule has 3 aromatic rings. The Labute approximate surface area is 155 Å². The molecule has 1 aromatic carbocycles. The summed E-state index contributed by atoms with van der Waals surface area (Å²) in [5.74, 6) is -0.0665. The SMILES string of the molecule is CC(C)c1ncc(C(=O)Nc2c(-c3ccccc3F)ccnc2Cl)cn1. The Morgan fingerprint density at radius 2 is 1.77 bits per heavy atom. The van der Waals surface area contributed by atoms with E-state index in [9.17, 15) is 9.18 Å². The Morgan fingerprint density at radius 3 is 2.42 bits per heavy atom. The van der Waals surface area contributed by atoms with Crippen molar-refractivity contribution >= 4 is 23.2 Å². The van der Waals surface area contributed by atoms with Crippen molar-refractivity contribution < 1.29 is 9.18 Å². The van der Waals surface area contributed by atoms with Gasteiger partial charge in [-0.2, -0.15) is 0 Å². The van der Waals surface area contributed by atoms with Crippen molar-refractivity contribution in [2.75, 3.05) is 5.32 Å². The molecule has 0 spiro atoms. The van der Waals surface area contributed by atoms with Crippen LogP contribution in [-0.4, -0.2) is 20.9 Å². The van der Waals surface area contributed by atoms with Crippen LogP contribution in [0.5, 0.6) is 0 Å². The maximum Gasteiger partial charge on any atom is 0.258 e. The van der Waals surface area contributed by atoms with E-state index in [1.165, 1.54) is 24.7 Å². The van der Waals surface area contributed by atoms with Gasteiger partial charge in [0.05, 0.1) is 11.3 Å². The van der Waals surface area contributed by atoms with E-state index < -0.39 is 11.7 Å². The lowest BCUT2D eigenvalue weighted by molar-refractivity contribution is 0.102. The summed E-state index contributed by atoms with van der Waals surface area (Å²) in [6.07, 6.45) is 4.36. The van der Waals surface area contributed by atoms with Crippen LogP contribution in [0, 0.1) is 5.82 Å². The molecule has 0 saturated carbocycles. The second-order valence-electron chi connectivity index (χ2n) is 5.94. The van der Waals surface area contributed by atoms with Gasteiger partial charge in [0.1, 0.15) is 11.6 Å². The Hall–Kier alpha value is -2.86. The van der Waals surface area contributed by atoms with Gasteiger partial charge in [0, 0.05) is 35.6 Å². The first-order valence-corrected chi connectivity index (χ1v) is 8.38. The Morgan fingerprint density at radius 1 is 1.08 bits per heavy atom. The molecule has 3 rings (SSSR count). The minimum absolute atomic E-state index is 0.0684. The number of aromatic nitrogens is 3. The number of pyridine rings is 1. The zero-order valence-electron chi connectivity index (χ0n) is 14.2. The molecule has 0 atom stereocenters. The van der Waals surface area contributed by atoms with Crippen LogP contribution < -0.4 is 5.32 Å². The summed E-state index contributed by atoms with van der Waals surface area (Å²) in [6.45, 7) is 3.93. The first kappa shape index (κ1) is 17.9. The number of rotatable bonds is 4. The standard InChI is InChI=1S/C19H16ClFN4O/c1-11(2)18-23-9-12(10-24-18)19(26)25-16-14(7-8-22-17(16)20)13-5-3-4-6-15(13)21/h3-11H,1-2H3,(H,25,26). The lowest BCUT2D eigenvalue weighted by Crippen LogP contribution is -2.15. The van der Waals surface area contributed by atoms with E-state index in [-0.39, 0.29) is 22.3 Å². The average Bonchev–Trinajstić information content (AvgIpc) is 2.64. The largest absolute Gasteiger partial charge is 0.319 e. The molecule has 7 heteroatoms. The first-order valence-electron chi connectivity index (χ1n) is 8.00. The number of benzene rings is 1. The predicted octanol–water partition coefficient (Wildman–Crippen LogP) is 4.71. The number of hydrogen-bond acceptors (Lipinski definition) is 4. The van der Waals surface area contributed by atoms with Crippen LogP contribution in [0.4, 0.5) is 10.1 Å². The molecule has 0 unspecified atom stereocenters. The monoisotopic (exact) mass is 370 g/mol. The molecular formula is C19H16ClFN4O. The van der Waals surface area contributed by atoms with E-state index in [1.54, 1.807) is 24.3 Å². The summed E-state index contributed by atoms with van der Waals surface area (Å²) < 4.78 is 14.2. The molecule has 0 aliphatic rings. The van der Waals surface area contributed by atoms with Gasteiger partial charge in [0.15, 0.2) is 5.15 Å². The van der Waals surface area contributed by atoms with Crippen LogP contribution in [-0.2, 0) is 0 Å². The van der Waals surface area contributed by atoms with E-state index in [2.05, 4.69) is 20.3 Å². The maximum atomic E-state index is 14.2. The molecule has 0 aliphatic heterocycles. The van der Waals surface area contributed by atoms with Gasteiger partial charge in [0.25, 0.3) is 5.91 Å². The van der Waals surface area contributed by atoms with Gasteiger partial charge in [0.2, 0.25) is 0 Å². The van der Waals surface area contributed by atoms with Crippen molar-refractivity contribution in [3.8, 4) is 11.1 Å². The number of nitrogens with one attached hydrogen (secondary N) is 1. The Balaban J connectivity index is 1.95. The van der Waals surface area contributed by atoms with Gasteiger partial charge in [-0.25, -0.2) is 19.3 Å². The van der Waals surface area contributed by atoms with Gasteiger partial charge >= 0.3 is 0 Å². The van der Waals surface area contributed by atoms with Crippen LogP contribution in [0.25, 0.3) is 11.1 Å². The fourth-order valence-electron chi connectivity index (χ4n) is 2.40. The van der Waals surface area contributed by atoms with Crippen molar-refractivity contribution in [3.63, 3.8) is 0 Å². The molecule has 132 valence electrons. The number of hydrogen-bond donors (Lipinski definition) is 1. The summed E-state index contributed by atoms with van der Waals surface area (Å²) in [6, 6.07) is 7.84. The van der Waals surface area contributed by atoms with Crippen molar-refractivity contribution in [1.82, 2.24) is 15.0 Å². The molecule has 5 nitrogen and oxygen atoms in total. The summed E-state index contributed by atoms with van der Waals surface area (Å²) in [4.78, 5) is 24.9. The van der Waals surface area contributed by atoms with Gasteiger partial charge < -0.3 is 5.32 Å². The number of amides is 1. The van der Waals surface area contributed by atoms with Crippen LogP contribution in [0.2, 0.25) is 5.15 Å². The average molecular weight is 371 g/mol. The molecule has 0 bridgehead atoms. The van der Waals surface area contributed by atoms with E-state index in [4.69, 9.17) is 11.6 Å². The molecule has 26 heavy (non-hydrogen) atoms. The van der Waals surface area contributed by atoms with Crippen LogP contribution in [0.15, 0.2) is 48.9 Å². The number of halogens is 2. The third kappa shape index (κ3) is 3.70. The first-order chi connectivity index (χ1) is 12.5.